The summed E-state index contributed by atoms with van der Waals surface area (Å²) in [7, 11) is -3.05. The Labute approximate surface area is 176 Å². The molecule has 0 bridgehead atoms. The molecule has 160 valence electrons. The Hall–Kier alpha value is -2.74. The van der Waals surface area contributed by atoms with Gasteiger partial charge >= 0.3 is 5.97 Å². The number of carbonyl (C=O) groups excluding carboxylic acids is 3. The van der Waals surface area contributed by atoms with Crippen LogP contribution in [-0.4, -0.2) is 48.6 Å². The van der Waals surface area contributed by atoms with Crippen molar-refractivity contribution in [1.29, 1.82) is 0 Å². The number of benzene rings is 1. The van der Waals surface area contributed by atoms with Gasteiger partial charge in [0.05, 0.1) is 17.9 Å². The van der Waals surface area contributed by atoms with Gasteiger partial charge in [-0.2, -0.15) is 0 Å². The van der Waals surface area contributed by atoms with E-state index >= 15 is 0 Å². The van der Waals surface area contributed by atoms with E-state index in [4.69, 9.17) is 4.74 Å². The number of aryl methyl sites for hydroxylation is 1. The fourth-order valence-corrected chi connectivity index (χ4v) is 5.58. The summed E-state index contributed by atoms with van der Waals surface area (Å²) in [5, 5.41) is 0. The number of hydrogen-bond donors (Lipinski definition) is 0. The third-order valence-corrected chi connectivity index (χ3v) is 7.12. The van der Waals surface area contributed by atoms with Crippen LogP contribution in [0.3, 0.4) is 0 Å². The van der Waals surface area contributed by atoms with E-state index in [1.54, 1.807) is 43.3 Å². The van der Waals surface area contributed by atoms with Crippen molar-refractivity contribution in [3.8, 4) is 0 Å². The van der Waals surface area contributed by atoms with E-state index in [2.05, 4.69) is 0 Å². The third-order valence-electron chi connectivity index (χ3n) is 5.37. The third kappa shape index (κ3) is 5.05. The molecule has 1 saturated heterocycles. The molecule has 0 spiro atoms. The van der Waals surface area contributed by atoms with E-state index in [1.165, 1.54) is 0 Å². The molecule has 0 N–H and O–H groups in total. The van der Waals surface area contributed by atoms with Crippen molar-refractivity contribution in [2.45, 2.75) is 39.2 Å². The summed E-state index contributed by atoms with van der Waals surface area (Å²) in [6.45, 7) is 3.19. The number of sulfone groups is 1. The van der Waals surface area contributed by atoms with Gasteiger partial charge in [-0.25, -0.2) is 8.42 Å². The van der Waals surface area contributed by atoms with Crippen LogP contribution in [0, 0.1) is 13.8 Å². The predicted molar refractivity (Wildman–Crippen MR) is 112 cm³/mol. The maximum absolute atomic E-state index is 12.6. The second-order valence-corrected chi connectivity index (χ2v) is 9.81. The highest BCUT2D eigenvalue weighted by Gasteiger charge is 2.31. The molecule has 0 saturated carbocycles. The molecule has 0 amide bonds. The molecule has 7 nitrogen and oxygen atoms in total. The summed E-state index contributed by atoms with van der Waals surface area (Å²) in [6, 6.07) is 10.2. The lowest BCUT2D eigenvalue weighted by molar-refractivity contribution is -0.142. The normalized spacial score (nSPS) is 17.6. The van der Waals surface area contributed by atoms with Gasteiger partial charge in [0.2, 0.25) is 5.78 Å². The highest BCUT2D eigenvalue weighted by molar-refractivity contribution is 7.91. The van der Waals surface area contributed by atoms with Crippen LogP contribution in [0.4, 0.5) is 0 Å². The molecule has 1 unspecified atom stereocenters. The van der Waals surface area contributed by atoms with Crippen LogP contribution >= 0.6 is 0 Å². The van der Waals surface area contributed by atoms with E-state index in [1.807, 2.05) is 11.5 Å². The number of ketones is 2. The zero-order valence-electron chi connectivity index (χ0n) is 17.1. The van der Waals surface area contributed by atoms with Gasteiger partial charge in [-0.1, -0.05) is 30.3 Å². The molecule has 3 rings (SSSR count). The zero-order valence-corrected chi connectivity index (χ0v) is 17.9. The van der Waals surface area contributed by atoms with E-state index in [-0.39, 0.29) is 42.0 Å². The molecule has 30 heavy (non-hydrogen) atoms. The molecule has 2 heterocycles. The Morgan fingerprint density at radius 1 is 1.07 bits per heavy atom. The molecule has 1 aliphatic rings. The molecule has 0 aliphatic carbocycles. The second kappa shape index (κ2) is 8.95. The molecule has 1 aliphatic heterocycles. The number of ether oxygens (including phenoxy) is 1. The highest BCUT2D eigenvalue weighted by Crippen LogP contribution is 2.29. The van der Waals surface area contributed by atoms with E-state index in [9.17, 15) is 22.8 Å². The van der Waals surface area contributed by atoms with Gasteiger partial charge in [0.1, 0.15) is 0 Å². The molecular formula is C22H25NO6S. The summed E-state index contributed by atoms with van der Waals surface area (Å²) in [4.78, 5) is 36.6. The number of Topliss-reactive ketones (excluding diaryl/α,β-unsaturated/α-hetero) is 2. The number of hydrogen-bond acceptors (Lipinski definition) is 6. The lowest BCUT2D eigenvalue weighted by Crippen LogP contribution is -2.17. The molecule has 1 aromatic heterocycles. The van der Waals surface area contributed by atoms with Gasteiger partial charge in [0.15, 0.2) is 22.2 Å². The Balaban J connectivity index is 1.55. The Morgan fingerprint density at radius 2 is 1.77 bits per heavy atom. The molecule has 8 heteroatoms. The first-order valence-electron chi connectivity index (χ1n) is 9.84. The maximum atomic E-state index is 12.6. The minimum absolute atomic E-state index is 0.0156. The van der Waals surface area contributed by atoms with Crippen LogP contribution in [0.15, 0.2) is 36.4 Å². The molecule has 0 radical (unpaired) electrons. The lowest BCUT2D eigenvalue weighted by Gasteiger charge is -2.16. The van der Waals surface area contributed by atoms with Crippen molar-refractivity contribution in [2.75, 3.05) is 18.1 Å². The van der Waals surface area contributed by atoms with Crippen molar-refractivity contribution in [1.82, 2.24) is 4.57 Å². The Kier molecular flexibility index (Phi) is 6.55. The number of nitrogens with zero attached hydrogens (tertiary/aromatic N) is 1. The van der Waals surface area contributed by atoms with Crippen LogP contribution in [0.5, 0.6) is 0 Å². The van der Waals surface area contributed by atoms with Crippen LogP contribution in [-0.2, 0) is 19.4 Å². The fraction of sp³-hybridized carbons (Fsp3) is 0.409. The van der Waals surface area contributed by atoms with E-state index in [0.29, 0.717) is 23.2 Å². The molecule has 1 atom stereocenters. The first kappa shape index (κ1) is 22.0. The Morgan fingerprint density at radius 3 is 2.40 bits per heavy atom. The van der Waals surface area contributed by atoms with Crippen LogP contribution in [0.1, 0.15) is 57.4 Å². The highest BCUT2D eigenvalue weighted by atomic mass is 32.2. The second-order valence-electron chi connectivity index (χ2n) is 7.58. The topological polar surface area (TPSA) is 99.5 Å². The largest absolute Gasteiger partial charge is 0.457 e. The molecule has 1 aromatic carbocycles. The first-order valence-corrected chi connectivity index (χ1v) is 11.7. The number of aromatic nitrogens is 1. The average molecular weight is 432 g/mol. The summed E-state index contributed by atoms with van der Waals surface area (Å²) in [6.07, 6.45) is 0.443. The zero-order chi connectivity index (χ0) is 21.9. The molecular weight excluding hydrogens is 406 g/mol. The quantitative estimate of drug-likeness (QED) is 0.471. The summed E-state index contributed by atoms with van der Waals surface area (Å²) < 4.78 is 30.5. The number of rotatable bonds is 8. The van der Waals surface area contributed by atoms with Gasteiger partial charge in [0.25, 0.3) is 0 Å². The minimum atomic E-state index is -3.05. The molecule has 2 aromatic rings. The van der Waals surface area contributed by atoms with Crippen molar-refractivity contribution in [3.05, 3.63) is 58.9 Å². The lowest BCUT2D eigenvalue weighted by atomic mass is 10.1. The number of carbonyl (C=O) groups is 3. The predicted octanol–water partition coefficient (Wildman–Crippen LogP) is 2.85. The first-order chi connectivity index (χ1) is 14.2. The summed E-state index contributed by atoms with van der Waals surface area (Å²) >= 11 is 0. The number of esters is 1. The summed E-state index contributed by atoms with van der Waals surface area (Å²) in [5.41, 5.74) is 2.43. The summed E-state index contributed by atoms with van der Waals surface area (Å²) in [5.74, 6) is -0.895. The van der Waals surface area contributed by atoms with Gasteiger partial charge in [-0.3, -0.25) is 14.4 Å². The monoisotopic (exact) mass is 431 g/mol. The van der Waals surface area contributed by atoms with E-state index < -0.39 is 22.4 Å². The maximum Gasteiger partial charge on any atom is 0.306 e. The van der Waals surface area contributed by atoms with Crippen molar-refractivity contribution in [2.24, 2.45) is 0 Å². The van der Waals surface area contributed by atoms with Crippen LogP contribution < -0.4 is 0 Å². The average Bonchev–Trinajstić information content (AvgIpc) is 3.22. The minimum Gasteiger partial charge on any atom is -0.457 e. The van der Waals surface area contributed by atoms with Crippen molar-refractivity contribution < 1.29 is 27.5 Å². The van der Waals surface area contributed by atoms with E-state index in [0.717, 1.165) is 5.69 Å². The van der Waals surface area contributed by atoms with Crippen LogP contribution in [0.2, 0.25) is 0 Å². The fourth-order valence-electron chi connectivity index (χ4n) is 3.88. The standard InChI is InChI=1S/C22H25NO6S/c1-15-12-19(16(2)23(15)18-10-11-30(27,28)14-18)21(25)13-29-22(26)9-8-20(24)17-6-4-3-5-7-17/h3-7,12,18H,8-11,13-14H2,1-2H3. The molecule has 1 fully saturated rings. The van der Waals surface area contributed by atoms with Crippen LogP contribution in [0.25, 0.3) is 0 Å². The van der Waals surface area contributed by atoms with Crippen molar-refractivity contribution >= 4 is 27.4 Å². The van der Waals surface area contributed by atoms with Gasteiger partial charge in [-0.05, 0) is 26.3 Å². The van der Waals surface area contributed by atoms with Gasteiger partial charge < -0.3 is 9.30 Å². The van der Waals surface area contributed by atoms with Gasteiger partial charge in [-0.15, -0.1) is 0 Å². The SMILES string of the molecule is Cc1cc(C(=O)COC(=O)CCC(=O)c2ccccc2)c(C)n1C1CCS(=O)(=O)C1. The Bertz CT molecular complexity index is 1070. The van der Waals surface area contributed by atoms with Crippen molar-refractivity contribution in [3.63, 3.8) is 0 Å². The van der Waals surface area contributed by atoms with Gasteiger partial charge in [0, 0.05) is 35.0 Å². The smallest absolute Gasteiger partial charge is 0.306 e.